The molecule has 3 N–H and O–H groups in total. The minimum atomic E-state index is -0.679. The molecule has 0 aliphatic rings. The van der Waals surface area contributed by atoms with Crippen LogP contribution in [0.1, 0.15) is 26.3 Å². The first-order valence-electron chi connectivity index (χ1n) is 11.4. The van der Waals surface area contributed by atoms with Crippen molar-refractivity contribution in [3.05, 3.63) is 72.3 Å². The number of ether oxygens (including phenoxy) is 1. The van der Waals surface area contributed by atoms with Crippen molar-refractivity contribution in [3.8, 4) is 5.75 Å². The Hall–Kier alpha value is -3.87. The minimum absolute atomic E-state index is 0.0712. The van der Waals surface area contributed by atoms with Gasteiger partial charge in [0.15, 0.2) is 6.61 Å². The molecule has 1 atom stereocenters. The molecule has 0 saturated heterocycles. The lowest BCUT2D eigenvalue weighted by molar-refractivity contribution is -0.127. The second-order valence-electron chi connectivity index (χ2n) is 8.40. The Labute approximate surface area is 199 Å². The Balaban J connectivity index is 1.56. The lowest BCUT2D eigenvalue weighted by Gasteiger charge is -2.22. The highest BCUT2D eigenvalue weighted by Gasteiger charge is 2.24. The molecule has 0 fully saturated rings. The van der Waals surface area contributed by atoms with E-state index in [4.69, 9.17) is 4.74 Å². The highest BCUT2D eigenvalue weighted by Crippen LogP contribution is 2.18. The van der Waals surface area contributed by atoms with Crippen molar-refractivity contribution in [2.75, 3.05) is 18.5 Å². The quantitative estimate of drug-likeness (QED) is 0.429. The number of carbonyl (C=O) groups is 3. The van der Waals surface area contributed by atoms with E-state index in [0.717, 1.165) is 16.3 Å². The Morgan fingerprint density at radius 3 is 2.26 bits per heavy atom. The maximum absolute atomic E-state index is 12.9. The minimum Gasteiger partial charge on any atom is -0.484 e. The molecule has 0 radical (unpaired) electrons. The third kappa shape index (κ3) is 7.07. The third-order valence-electron chi connectivity index (χ3n) is 5.31. The number of fused-ring (bicyclic) bond motifs is 1. The van der Waals surface area contributed by atoms with E-state index in [2.05, 4.69) is 16.0 Å². The van der Waals surface area contributed by atoms with Crippen molar-refractivity contribution in [1.29, 1.82) is 0 Å². The number of likely N-dealkylation sites (N-methyl/N-ethyl adjacent to an activating group) is 1. The first-order valence-corrected chi connectivity index (χ1v) is 11.4. The van der Waals surface area contributed by atoms with Crippen molar-refractivity contribution in [2.45, 2.75) is 33.2 Å². The number of anilines is 1. The number of benzene rings is 3. The van der Waals surface area contributed by atoms with Gasteiger partial charge in [-0.15, -0.1) is 0 Å². The summed E-state index contributed by atoms with van der Waals surface area (Å²) in [6.07, 6.45) is 0.193. The second-order valence-corrected chi connectivity index (χ2v) is 8.40. The number of hydrogen-bond acceptors (Lipinski definition) is 4. The fourth-order valence-corrected chi connectivity index (χ4v) is 3.55. The average molecular weight is 462 g/mol. The standard InChI is InChI=1S/C27H31N3O4/c1-4-28-25(32)17-34-23-13-11-22(12-14-23)29-27(33)26(18(2)3)30-24(31)16-19-9-10-20-7-5-6-8-21(20)15-19/h5-15,18,26H,4,16-17H2,1-3H3,(H,28,32)(H,29,33)(H,30,31). The molecule has 3 aromatic carbocycles. The van der Waals surface area contributed by atoms with Crippen molar-refractivity contribution < 1.29 is 19.1 Å². The van der Waals surface area contributed by atoms with Crippen LogP contribution in [0.25, 0.3) is 10.8 Å². The summed E-state index contributed by atoms with van der Waals surface area (Å²) in [7, 11) is 0. The van der Waals surface area contributed by atoms with Crippen LogP contribution in [-0.2, 0) is 20.8 Å². The Morgan fingerprint density at radius 1 is 0.882 bits per heavy atom. The van der Waals surface area contributed by atoms with E-state index in [0.29, 0.717) is 18.0 Å². The molecule has 0 aliphatic heterocycles. The van der Waals surface area contributed by atoms with E-state index >= 15 is 0 Å². The zero-order valence-electron chi connectivity index (χ0n) is 19.8. The molecule has 0 saturated carbocycles. The number of carbonyl (C=O) groups excluding carboxylic acids is 3. The van der Waals surface area contributed by atoms with Gasteiger partial charge in [0, 0.05) is 12.2 Å². The molecule has 0 aromatic heterocycles. The van der Waals surface area contributed by atoms with Gasteiger partial charge in [-0.2, -0.15) is 0 Å². The molecule has 0 aliphatic carbocycles. The topological polar surface area (TPSA) is 96.5 Å². The monoisotopic (exact) mass is 461 g/mol. The molecule has 3 amide bonds. The fourth-order valence-electron chi connectivity index (χ4n) is 3.55. The van der Waals surface area contributed by atoms with E-state index in [1.54, 1.807) is 24.3 Å². The molecule has 3 aromatic rings. The van der Waals surface area contributed by atoms with Gasteiger partial charge in [0.25, 0.3) is 5.91 Å². The number of nitrogens with one attached hydrogen (secondary N) is 3. The van der Waals surface area contributed by atoms with E-state index in [-0.39, 0.29) is 36.7 Å². The van der Waals surface area contributed by atoms with Gasteiger partial charge in [-0.25, -0.2) is 0 Å². The number of amides is 3. The molecule has 7 nitrogen and oxygen atoms in total. The summed E-state index contributed by atoms with van der Waals surface area (Å²) in [5, 5.41) is 10.6. The van der Waals surface area contributed by atoms with E-state index < -0.39 is 6.04 Å². The van der Waals surface area contributed by atoms with Gasteiger partial charge < -0.3 is 20.7 Å². The summed E-state index contributed by atoms with van der Waals surface area (Å²) in [6, 6.07) is 20.0. The van der Waals surface area contributed by atoms with Crippen molar-refractivity contribution in [2.24, 2.45) is 5.92 Å². The van der Waals surface area contributed by atoms with Crippen LogP contribution in [-0.4, -0.2) is 36.9 Å². The summed E-state index contributed by atoms with van der Waals surface area (Å²) >= 11 is 0. The van der Waals surface area contributed by atoms with Gasteiger partial charge in [0.1, 0.15) is 11.8 Å². The second kappa shape index (κ2) is 11.8. The molecule has 3 rings (SSSR count). The van der Waals surface area contributed by atoms with Gasteiger partial charge >= 0.3 is 0 Å². The van der Waals surface area contributed by atoms with Crippen LogP contribution in [0.5, 0.6) is 5.75 Å². The largest absolute Gasteiger partial charge is 0.484 e. The van der Waals surface area contributed by atoms with Crippen LogP contribution in [0.15, 0.2) is 66.7 Å². The Kier molecular flexibility index (Phi) is 8.62. The maximum Gasteiger partial charge on any atom is 0.257 e. The van der Waals surface area contributed by atoms with E-state index in [1.165, 1.54) is 0 Å². The van der Waals surface area contributed by atoms with Crippen LogP contribution in [0.2, 0.25) is 0 Å². The van der Waals surface area contributed by atoms with Crippen molar-refractivity contribution in [3.63, 3.8) is 0 Å². The third-order valence-corrected chi connectivity index (χ3v) is 5.31. The molecule has 0 heterocycles. The molecule has 0 spiro atoms. The van der Waals surface area contributed by atoms with Gasteiger partial charge in [-0.05, 0) is 53.4 Å². The fraction of sp³-hybridized carbons (Fsp3) is 0.296. The van der Waals surface area contributed by atoms with Gasteiger partial charge in [-0.1, -0.05) is 56.3 Å². The Bertz CT molecular complexity index is 1140. The lowest BCUT2D eigenvalue weighted by atomic mass is 10.0. The van der Waals surface area contributed by atoms with E-state index in [1.807, 2.05) is 63.2 Å². The molecule has 0 bridgehead atoms. The van der Waals surface area contributed by atoms with Crippen LogP contribution in [0, 0.1) is 5.92 Å². The predicted molar refractivity (Wildman–Crippen MR) is 134 cm³/mol. The smallest absolute Gasteiger partial charge is 0.257 e. The van der Waals surface area contributed by atoms with Crippen molar-refractivity contribution >= 4 is 34.2 Å². The summed E-state index contributed by atoms with van der Waals surface area (Å²) in [4.78, 5) is 37.1. The van der Waals surface area contributed by atoms with Gasteiger partial charge in [-0.3, -0.25) is 14.4 Å². The predicted octanol–water partition coefficient (Wildman–Crippen LogP) is 3.68. The molecule has 1 unspecified atom stereocenters. The first kappa shape index (κ1) is 24.8. The van der Waals surface area contributed by atoms with E-state index in [9.17, 15) is 14.4 Å². The zero-order valence-corrected chi connectivity index (χ0v) is 19.8. The van der Waals surface area contributed by atoms with Crippen LogP contribution < -0.4 is 20.7 Å². The van der Waals surface area contributed by atoms with Crippen LogP contribution in [0.4, 0.5) is 5.69 Å². The highest BCUT2D eigenvalue weighted by atomic mass is 16.5. The molecular formula is C27H31N3O4. The van der Waals surface area contributed by atoms with Gasteiger partial charge in [0.2, 0.25) is 11.8 Å². The normalized spacial score (nSPS) is 11.6. The zero-order chi connectivity index (χ0) is 24.5. The molecule has 178 valence electrons. The maximum atomic E-state index is 12.9. The first-order chi connectivity index (χ1) is 16.4. The van der Waals surface area contributed by atoms with Crippen molar-refractivity contribution in [1.82, 2.24) is 10.6 Å². The van der Waals surface area contributed by atoms with Gasteiger partial charge in [0.05, 0.1) is 6.42 Å². The highest BCUT2D eigenvalue weighted by molar-refractivity contribution is 5.97. The summed E-state index contributed by atoms with van der Waals surface area (Å²) in [6.45, 7) is 6.09. The average Bonchev–Trinajstić information content (AvgIpc) is 2.82. The summed E-state index contributed by atoms with van der Waals surface area (Å²) in [5.74, 6) is -0.274. The summed E-state index contributed by atoms with van der Waals surface area (Å²) < 4.78 is 5.42. The molecule has 7 heteroatoms. The SMILES string of the molecule is CCNC(=O)COc1ccc(NC(=O)C(NC(=O)Cc2ccc3ccccc3c2)C(C)C)cc1. The van der Waals surface area contributed by atoms with Crippen LogP contribution >= 0.6 is 0 Å². The Morgan fingerprint density at radius 2 is 1.59 bits per heavy atom. The molecule has 34 heavy (non-hydrogen) atoms. The number of rotatable bonds is 10. The number of hydrogen-bond donors (Lipinski definition) is 3. The lowest BCUT2D eigenvalue weighted by Crippen LogP contribution is -2.47. The summed E-state index contributed by atoms with van der Waals surface area (Å²) in [5.41, 5.74) is 1.46. The van der Waals surface area contributed by atoms with Crippen LogP contribution in [0.3, 0.4) is 0 Å². The molecular weight excluding hydrogens is 430 g/mol.